The average molecular weight is 462 g/mol. The lowest BCUT2D eigenvalue weighted by Gasteiger charge is -2.40. The summed E-state index contributed by atoms with van der Waals surface area (Å²) in [6.45, 7) is 5.25. The second kappa shape index (κ2) is 12.0. The predicted molar refractivity (Wildman–Crippen MR) is 120 cm³/mol. The summed E-state index contributed by atoms with van der Waals surface area (Å²) in [4.78, 5) is 51.0. The highest BCUT2D eigenvalue weighted by molar-refractivity contribution is 5.78. The van der Waals surface area contributed by atoms with Gasteiger partial charge in [-0.2, -0.15) is 0 Å². The minimum Gasteiger partial charge on any atom is -0.464 e. The van der Waals surface area contributed by atoms with Crippen molar-refractivity contribution < 1.29 is 28.7 Å². The number of ether oxygens (including phenoxy) is 2. The van der Waals surface area contributed by atoms with Gasteiger partial charge in [-0.3, -0.25) is 19.3 Å². The average Bonchev–Trinajstić information content (AvgIpc) is 3.39. The Balaban J connectivity index is 1.35. The van der Waals surface area contributed by atoms with E-state index in [1.165, 1.54) is 13.8 Å². The first-order valence-electron chi connectivity index (χ1n) is 11.9. The molecule has 1 heterocycles. The molecule has 3 rings (SSSR count). The van der Waals surface area contributed by atoms with Gasteiger partial charge in [0.1, 0.15) is 12.4 Å². The molecule has 9 nitrogen and oxygen atoms in total. The number of hydrogen-bond acceptors (Lipinski definition) is 7. The Kier molecular flexibility index (Phi) is 9.12. The van der Waals surface area contributed by atoms with Crippen molar-refractivity contribution in [2.75, 3.05) is 45.9 Å². The highest BCUT2D eigenvalue weighted by Crippen LogP contribution is 2.52. The quantitative estimate of drug-likeness (QED) is 0.406. The van der Waals surface area contributed by atoms with Gasteiger partial charge in [0.2, 0.25) is 5.91 Å². The van der Waals surface area contributed by atoms with Gasteiger partial charge < -0.3 is 19.7 Å². The van der Waals surface area contributed by atoms with E-state index in [2.05, 4.69) is 17.2 Å². The van der Waals surface area contributed by atoms with E-state index in [-0.39, 0.29) is 43.8 Å². The Hall–Kier alpha value is -2.60. The molecule has 2 amide bonds. The number of piperazine rings is 1. The van der Waals surface area contributed by atoms with Crippen LogP contribution in [0.25, 0.3) is 0 Å². The number of nitrogens with one attached hydrogen (secondary N) is 1. The summed E-state index contributed by atoms with van der Waals surface area (Å²) in [5, 5.41) is 2.67. The number of rotatable bonds is 9. The summed E-state index contributed by atoms with van der Waals surface area (Å²) in [6.07, 6.45) is 3.69. The zero-order chi connectivity index (χ0) is 23.8. The zero-order valence-electron chi connectivity index (χ0n) is 19.6. The fourth-order valence-corrected chi connectivity index (χ4v) is 4.92. The molecule has 1 saturated carbocycles. The maximum absolute atomic E-state index is 12.6. The number of alkyl carbamates (subject to hydrolysis) is 1. The molecule has 1 N–H and O–H groups in total. The van der Waals surface area contributed by atoms with Gasteiger partial charge in [-0.15, -0.1) is 11.8 Å². The van der Waals surface area contributed by atoms with Gasteiger partial charge in [-0.05, 0) is 37.5 Å². The van der Waals surface area contributed by atoms with Gasteiger partial charge in [-0.25, -0.2) is 4.79 Å². The minimum absolute atomic E-state index is 0.0233. The number of carbonyl (C=O) groups excluding carboxylic acids is 4. The minimum atomic E-state index is -0.489. The lowest BCUT2D eigenvalue weighted by molar-refractivity contribution is -0.144. The molecule has 0 aromatic carbocycles. The Labute approximate surface area is 195 Å². The first-order valence-corrected chi connectivity index (χ1v) is 11.9. The Morgan fingerprint density at radius 3 is 2.30 bits per heavy atom. The number of ketones is 1. The molecule has 0 aromatic rings. The molecule has 0 aromatic heterocycles. The molecule has 0 radical (unpaired) electrons. The molecule has 182 valence electrons. The number of Topliss-reactive ketones (excluding diaryl/α,β-unsaturated/α-hetero) is 1. The molecule has 3 aliphatic rings. The van der Waals surface area contributed by atoms with Crippen LogP contribution in [0.1, 0.15) is 46.0 Å². The van der Waals surface area contributed by atoms with Crippen molar-refractivity contribution >= 4 is 23.8 Å². The van der Waals surface area contributed by atoms with Gasteiger partial charge in [0.25, 0.3) is 0 Å². The van der Waals surface area contributed by atoms with Crippen LogP contribution >= 0.6 is 0 Å². The fraction of sp³-hybridized carbons (Fsp3) is 0.750. The molecule has 2 unspecified atom stereocenters. The zero-order valence-corrected chi connectivity index (χ0v) is 19.6. The summed E-state index contributed by atoms with van der Waals surface area (Å²) in [6, 6.07) is -0.228. The summed E-state index contributed by atoms with van der Waals surface area (Å²) in [5.74, 6) is 7.56. The monoisotopic (exact) mass is 461 g/mol. The third-order valence-corrected chi connectivity index (χ3v) is 6.72. The standard InChI is InChI=1S/C24H35N3O6/c1-17(28)13-26-11-12-27(14-19(26)15-32-18(2)29)23(30)9-10-25-24(31)33-16-22-20-7-5-3-4-6-8-21(20)22/h19-22H,5-16H2,1-2H3,(H,25,31)/t19?,20-,21+,22?. The molecule has 0 bridgehead atoms. The van der Waals surface area contributed by atoms with E-state index in [0.29, 0.717) is 44.0 Å². The Bertz CT molecular complexity index is 786. The first-order chi connectivity index (χ1) is 15.8. The second-order valence-electron chi connectivity index (χ2n) is 9.17. The number of fused-ring (bicyclic) bond motifs is 1. The van der Waals surface area contributed by atoms with Crippen molar-refractivity contribution in [2.24, 2.45) is 17.8 Å². The van der Waals surface area contributed by atoms with Crippen LogP contribution in [0.4, 0.5) is 4.79 Å². The largest absolute Gasteiger partial charge is 0.464 e. The van der Waals surface area contributed by atoms with E-state index in [4.69, 9.17) is 9.47 Å². The number of hydrogen-bond donors (Lipinski definition) is 1. The summed E-state index contributed by atoms with van der Waals surface area (Å²) in [5.41, 5.74) is 0. The fourth-order valence-electron chi connectivity index (χ4n) is 4.92. The Morgan fingerprint density at radius 2 is 1.67 bits per heavy atom. The van der Waals surface area contributed by atoms with Crippen LogP contribution in [0, 0.1) is 29.6 Å². The van der Waals surface area contributed by atoms with Crippen LogP contribution in [0.15, 0.2) is 0 Å². The van der Waals surface area contributed by atoms with E-state index >= 15 is 0 Å². The molecule has 1 saturated heterocycles. The highest BCUT2D eigenvalue weighted by Gasteiger charge is 2.49. The summed E-state index contributed by atoms with van der Waals surface area (Å²) in [7, 11) is 0. The summed E-state index contributed by atoms with van der Waals surface area (Å²) >= 11 is 0. The van der Waals surface area contributed by atoms with Gasteiger partial charge in [0, 0.05) is 52.4 Å². The number of nitrogens with zero attached hydrogens (tertiary/aromatic N) is 2. The van der Waals surface area contributed by atoms with E-state index in [1.54, 1.807) is 4.90 Å². The molecule has 2 aliphatic carbocycles. The van der Waals surface area contributed by atoms with Crippen LogP contribution in [0.3, 0.4) is 0 Å². The van der Waals surface area contributed by atoms with Crippen LogP contribution < -0.4 is 5.32 Å². The molecule has 2 fully saturated rings. The maximum atomic E-state index is 12.6. The smallest absolute Gasteiger partial charge is 0.407 e. The van der Waals surface area contributed by atoms with Crippen molar-refractivity contribution in [3.8, 4) is 11.8 Å². The van der Waals surface area contributed by atoms with Gasteiger partial charge >= 0.3 is 12.1 Å². The highest BCUT2D eigenvalue weighted by atomic mass is 16.5. The van der Waals surface area contributed by atoms with Crippen LogP contribution in [0.2, 0.25) is 0 Å². The Morgan fingerprint density at radius 1 is 0.970 bits per heavy atom. The van der Waals surface area contributed by atoms with Gasteiger partial charge in [0.05, 0.1) is 19.2 Å². The number of carbonyl (C=O) groups is 4. The van der Waals surface area contributed by atoms with E-state index < -0.39 is 12.1 Å². The number of amides is 2. The van der Waals surface area contributed by atoms with Crippen molar-refractivity contribution in [1.29, 1.82) is 0 Å². The van der Waals surface area contributed by atoms with Gasteiger partial charge in [0.15, 0.2) is 0 Å². The molecular weight excluding hydrogens is 426 g/mol. The third-order valence-electron chi connectivity index (χ3n) is 6.72. The van der Waals surface area contributed by atoms with E-state index in [0.717, 1.165) is 25.7 Å². The van der Waals surface area contributed by atoms with Crippen LogP contribution in [-0.4, -0.2) is 85.5 Å². The van der Waals surface area contributed by atoms with Gasteiger partial charge in [-0.1, -0.05) is 0 Å². The van der Waals surface area contributed by atoms with Crippen LogP contribution in [-0.2, 0) is 23.9 Å². The molecule has 4 atom stereocenters. The molecule has 9 heteroatoms. The van der Waals surface area contributed by atoms with E-state index in [1.807, 2.05) is 4.90 Å². The summed E-state index contributed by atoms with van der Waals surface area (Å²) < 4.78 is 10.5. The molecular formula is C24H35N3O6. The van der Waals surface area contributed by atoms with Crippen LogP contribution in [0.5, 0.6) is 0 Å². The topological polar surface area (TPSA) is 105 Å². The second-order valence-corrected chi connectivity index (χ2v) is 9.17. The molecule has 0 spiro atoms. The van der Waals surface area contributed by atoms with E-state index in [9.17, 15) is 19.2 Å². The normalized spacial score (nSPS) is 26.5. The third kappa shape index (κ3) is 7.74. The molecule has 33 heavy (non-hydrogen) atoms. The SMILES string of the molecule is CC(=O)CN1CCN(C(=O)CCNC(=O)OCC2[C@H]3CCC#CCC[C@@H]23)CC1COC(C)=O. The van der Waals surface area contributed by atoms with Crippen molar-refractivity contribution in [1.82, 2.24) is 15.1 Å². The molecule has 1 aliphatic heterocycles. The van der Waals surface area contributed by atoms with Crippen molar-refractivity contribution in [2.45, 2.75) is 52.0 Å². The maximum Gasteiger partial charge on any atom is 0.407 e. The van der Waals surface area contributed by atoms with Crippen molar-refractivity contribution in [3.05, 3.63) is 0 Å². The van der Waals surface area contributed by atoms with Crippen molar-refractivity contribution in [3.63, 3.8) is 0 Å². The first kappa shape index (κ1) is 25.0. The lowest BCUT2D eigenvalue weighted by atomic mass is 10.1. The predicted octanol–water partition coefficient (Wildman–Crippen LogP) is 1.21. The lowest BCUT2D eigenvalue weighted by Crippen LogP contribution is -2.57. The number of esters is 1.